The summed E-state index contributed by atoms with van der Waals surface area (Å²) in [6.45, 7) is 0.730. The first kappa shape index (κ1) is 9.41. The van der Waals surface area contributed by atoms with Crippen LogP contribution in [0.15, 0.2) is 0 Å². The average Bonchev–Trinajstić information content (AvgIpc) is 2.69. The van der Waals surface area contributed by atoms with E-state index in [1.54, 1.807) is 11.8 Å². The Balaban J connectivity index is 0.000000750. The lowest BCUT2D eigenvalue weighted by atomic mass is 10.2. The number of rotatable bonds is 1. The van der Waals surface area contributed by atoms with E-state index in [0.29, 0.717) is 17.6 Å². The predicted molar refractivity (Wildman–Crippen MR) is 49.6 cm³/mol. The smallest absolute Gasteiger partial charge is 0.226 e. The lowest BCUT2D eigenvalue weighted by Gasteiger charge is -2.32. The SMILES string of the molecule is N.O=C1C[C@H]2SC(c3nn[nH]n3)CN12. The second-order valence-corrected chi connectivity index (χ2v) is 4.48. The quantitative estimate of drug-likeness (QED) is 0.621. The van der Waals surface area contributed by atoms with Gasteiger partial charge >= 0.3 is 0 Å². The van der Waals surface area contributed by atoms with Gasteiger partial charge in [-0.05, 0) is 0 Å². The molecule has 8 heteroatoms. The number of hydrogen-bond acceptors (Lipinski definition) is 6. The van der Waals surface area contributed by atoms with Crippen molar-refractivity contribution in [2.24, 2.45) is 0 Å². The first-order valence-corrected chi connectivity index (χ1v) is 4.97. The van der Waals surface area contributed by atoms with Crippen molar-refractivity contribution in [2.75, 3.05) is 6.54 Å². The first-order chi connectivity index (χ1) is 6.34. The summed E-state index contributed by atoms with van der Waals surface area (Å²) in [5.74, 6) is 0.940. The number of nitrogens with one attached hydrogen (secondary N) is 1. The van der Waals surface area contributed by atoms with Crippen molar-refractivity contribution >= 4 is 17.7 Å². The second-order valence-electron chi connectivity index (χ2n) is 3.10. The van der Waals surface area contributed by atoms with E-state index in [1.807, 2.05) is 4.90 Å². The minimum absolute atomic E-state index is 0. The summed E-state index contributed by atoms with van der Waals surface area (Å²) in [6, 6.07) is 0. The van der Waals surface area contributed by atoms with Gasteiger partial charge in [0.15, 0.2) is 5.82 Å². The number of carbonyl (C=O) groups is 1. The van der Waals surface area contributed by atoms with Crippen LogP contribution >= 0.6 is 11.8 Å². The molecular formula is C6H10N6OS. The lowest BCUT2D eigenvalue weighted by Crippen LogP contribution is -2.46. The molecule has 0 saturated carbocycles. The number of hydrogen-bond donors (Lipinski definition) is 2. The summed E-state index contributed by atoms with van der Waals surface area (Å²) >= 11 is 1.74. The van der Waals surface area contributed by atoms with E-state index in [9.17, 15) is 4.79 Å². The van der Waals surface area contributed by atoms with Crippen molar-refractivity contribution in [3.8, 4) is 0 Å². The monoisotopic (exact) mass is 214 g/mol. The maximum atomic E-state index is 11.1. The Kier molecular flexibility index (Phi) is 2.16. The molecule has 2 saturated heterocycles. The number of aromatic amines is 1. The van der Waals surface area contributed by atoms with Gasteiger partial charge in [0, 0.05) is 6.54 Å². The van der Waals surface area contributed by atoms with Gasteiger partial charge in [0.2, 0.25) is 5.91 Å². The third kappa shape index (κ3) is 1.18. The maximum absolute atomic E-state index is 11.1. The molecule has 1 aromatic heterocycles. The molecule has 0 aliphatic carbocycles. The molecule has 1 amide bonds. The highest BCUT2D eigenvalue weighted by Gasteiger charge is 2.46. The molecule has 0 aromatic carbocycles. The lowest BCUT2D eigenvalue weighted by molar-refractivity contribution is -0.140. The summed E-state index contributed by atoms with van der Waals surface area (Å²) in [7, 11) is 0. The fourth-order valence-electron chi connectivity index (χ4n) is 1.63. The summed E-state index contributed by atoms with van der Waals surface area (Å²) in [4.78, 5) is 12.9. The van der Waals surface area contributed by atoms with Gasteiger partial charge in [-0.15, -0.1) is 22.0 Å². The summed E-state index contributed by atoms with van der Waals surface area (Å²) < 4.78 is 0. The van der Waals surface area contributed by atoms with Gasteiger partial charge in [0.05, 0.1) is 17.0 Å². The van der Waals surface area contributed by atoms with Crippen LogP contribution in [0.5, 0.6) is 0 Å². The Morgan fingerprint density at radius 2 is 2.43 bits per heavy atom. The topological polar surface area (TPSA) is 110 Å². The van der Waals surface area contributed by atoms with Crippen LogP contribution < -0.4 is 6.15 Å². The van der Waals surface area contributed by atoms with Crippen LogP contribution in [0.4, 0.5) is 0 Å². The molecule has 1 aromatic rings. The Morgan fingerprint density at radius 3 is 3.00 bits per heavy atom. The van der Waals surface area contributed by atoms with Crippen LogP contribution in [0.3, 0.4) is 0 Å². The van der Waals surface area contributed by atoms with Gasteiger partial charge in [0.25, 0.3) is 0 Å². The molecular weight excluding hydrogens is 204 g/mol. The predicted octanol–water partition coefficient (Wildman–Crippen LogP) is -0.292. The maximum Gasteiger partial charge on any atom is 0.226 e. The standard InChI is InChI=1S/C6H7N5OS.H3N/c12-4-1-5-11(4)2-3(13-5)6-7-9-10-8-6;/h3,5H,1-2H2,(H,7,8,9,10);1H3/t3?,5-;/m1./s1. The van der Waals surface area contributed by atoms with E-state index >= 15 is 0 Å². The number of thioether (sulfide) groups is 1. The Bertz CT molecular complexity index is 340. The molecule has 3 rings (SSSR count). The fourth-order valence-corrected chi connectivity index (χ4v) is 3.06. The van der Waals surface area contributed by atoms with Crippen LogP contribution in [-0.2, 0) is 4.79 Å². The van der Waals surface area contributed by atoms with Crippen molar-refractivity contribution in [2.45, 2.75) is 17.0 Å². The molecule has 7 nitrogen and oxygen atoms in total. The second kappa shape index (κ2) is 3.21. The van der Waals surface area contributed by atoms with Crippen LogP contribution in [0.1, 0.15) is 17.5 Å². The zero-order chi connectivity index (χ0) is 8.84. The van der Waals surface area contributed by atoms with Crippen molar-refractivity contribution in [1.82, 2.24) is 31.7 Å². The van der Waals surface area contributed by atoms with Crippen molar-refractivity contribution < 1.29 is 4.79 Å². The zero-order valence-electron chi connectivity index (χ0n) is 7.38. The number of β-lactam (4-membered cyclic amide) rings is 1. The molecule has 76 valence electrons. The third-order valence-corrected chi connectivity index (χ3v) is 3.77. The van der Waals surface area contributed by atoms with Gasteiger partial charge < -0.3 is 11.1 Å². The highest BCUT2D eigenvalue weighted by Crippen LogP contribution is 2.46. The molecule has 2 atom stereocenters. The van der Waals surface area contributed by atoms with Crippen LogP contribution in [0, 0.1) is 0 Å². The Morgan fingerprint density at radius 1 is 1.57 bits per heavy atom. The van der Waals surface area contributed by atoms with Crippen LogP contribution in [0.25, 0.3) is 0 Å². The molecule has 0 radical (unpaired) electrons. The Hall–Kier alpha value is -1.15. The molecule has 0 spiro atoms. The molecule has 2 aliphatic heterocycles. The van der Waals surface area contributed by atoms with Crippen LogP contribution in [-0.4, -0.2) is 43.3 Å². The van der Waals surface area contributed by atoms with E-state index in [1.165, 1.54) is 0 Å². The molecule has 0 bridgehead atoms. The normalized spacial score (nSPS) is 29.4. The van der Waals surface area contributed by atoms with Crippen molar-refractivity contribution in [1.29, 1.82) is 0 Å². The Labute approximate surface area is 84.2 Å². The van der Waals surface area contributed by atoms with Crippen LogP contribution in [0.2, 0.25) is 0 Å². The average molecular weight is 214 g/mol. The first-order valence-electron chi connectivity index (χ1n) is 4.03. The highest BCUT2D eigenvalue weighted by molar-refractivity contribution is 8.00. The van der Waals surface area contributed by atoms with Gasteiger partial charge in [-0.1, -0.05) is 5.21 Å². The number of amides is 1. The summed E-state index contributed by atoms with van der Waals surface area (Å²) in [5.41, 5.74) is 0. The van der Waals surface area contributed by atoms with Crippen molar-refractivity contribution in [3.63, 3.8) is 0 Å². The van der Waals surface area contributed by atoms with Gasteiger partial charge in [-0.25, -0.2) is 0 Å². The molecule has 4 N–H and O–H groups in total. The van der Waals surface area contributed by atoms with E-state index in [2.05, 4.69) is 20.6 Å². The molecule has 2 fully saturated rings. The third-order valence-electron chi connectivity index (χ3n) is 2.35. The molecule has 2 aliphatic rings. The number of H-pyrrole nitrogens is 1. The fraction of sp³-hybridized carbons (Fsp3) is 0.667. The van der Waals surface area contributed by atoms with E-state index in [4.69, 9.17) is 0 Å². The highest BCUT2D eigenvalue weighted by atomic mass is 32.2. The van der Waals surface area contributed by atoms with E-state index in [0.717, 1.165) is 6.54 Å². The number of fused-ring (bicyclic) bond motifs is 1. The molecule has 3 heterocycles. The molecule has 1 unspecified atom stereocenters. The van der Waals surface area contributed by atoms with Crippen molar-refractivity contribution in [3.05, 3.63) is 5.82 Å². The number of nitrogens with zero attached hydrogens (tertiary/aromatic N) is 4. The zero-order valence-corrected chi connectivity index (χ0v) is 8.20. The van der Waals surface area contributed by atoms with Gasteiger partial charge in [-0.2, -0.15) is 5.21 Å². The largest absolute Gasteiger partial charge is 0.344 e. The number of carbonyl (C=O) groups excluding carboxylic acids is 1. The van der Waals surface area contributed by atoms with E-state index < -0.39 is 0 Å². The summed E-state index contributed by atoms with van der Waals surface area (Å²) in [5, 5.41) is 14.3. The van der Waals surface area contributed by atoms with Gasteiger partial charge in [-0.3, -0.25) is 4.79 Å². The minimum atomic E-state index is 0. The summed E-state index contributed by atoms with van der Waals surface area (Å²) in [6.07, 6.45) is 0.666. The number of aromatic nitrogens is 4. The molecule has 14 heavy (non-hydrogen) atoms. The van der Waals surface area contributed by atoms with E-state index in [-0.39, 0.29) is 17.3 Å². The minimum Gasteiger partial charge on any atom is -0.344 e. The number of tetrazole rings is 1. The van der Waals surface area contributed by atoms with Gasteiger partial charge in [0.1, 0.15) is 0 Å².